The molecule has 0 saturated carbocycles. The van der Waals surface area contributed by atoms with Crippen LogP contribution in [-0.2, 0) is 0 Å². The first-order valence-electron chi connectivity index (χ1n) is 3.93. The molecule has 0 amide bonds. The maximum absolute atomic E-state index is 11.0. The minimum Gasteiger partial charge on any atom is -0.336 e. The van der Waals surface area contributed by atoms with Crippen LogP contribution >= 0.6 is 0 Å². The van der Waals surface area contributed by atoms with Gasteiger partial charge in [0.25, 0.3) is 0 Å². The molecule has 0 bridgehead atoms. The molecular weight excluding hydrogens is 186 g/mol. The van der Waals surface area contributed by atoms with E-state index < -0.39 is 5.63 Å². The molecule has 0 radical (unpaired) electrons. The predicted molar refractivity (Wildman–Crippen MR) is 50.2 cm³/mol. The Morgan fingerprint density at radius 1 is 1.21 bits per heavy atom. The molecule has 0 unspecified atom stereocenters. The lowest BCUT2D eigenvalue weighted by molar-refractivity contribution is 0.394. The van der Waals surface area contributed by atoms with Crippen molar-refractivity contribution < 1.29 is 4.52 Å². The minimum atomic E-state index is -0.751. The number of aromatic nitrogens is 1. The zero-order valence-electron chi connectivity index (χ0n) is 7.06. The second kappa shape index (κ2) is 3.29. The molecule has 0 spiro atoms. The summed E-state index contributed by atoms with van der Waals surface area (Å²) in [7, 11) is 0. The minimum absolute atomic E-state index is 0.226. The Kier molecular flexibility index (Phi) is 1.98. The van der Waals surface area contributed by atoms with Gasteiger partial charge in [-0.3, -0.25) is 0 Å². The molecule has 5 nitrogen and oxygen atoms in total. The van der Waals surface area contributed by atoms with Gasteiger partial charge in [-0.15, -0.1) is 4.91 Å². The molecule has 14 heavy (non-hydrogen) atoms. The average Bonchev–Trinajstić information content (AvgIpc) is 2.61. The Labute approximate surface area is 78.3 Å². The van der Waals surface area contributed by atoms with Gasteiger partial charge in [-0.1, -0.05) is 30.3 Å². The lowest BCUT2D eigenvalue weighted by Crippen LogP contribution is -1.89. The van der Waals surface area contributed by atoms with Crippen molar-refractivity contribution in [2.24, 2.45) is 5.18 Å². The molecular formula is C9H6N2O3. The number of hydrogen-bond donors (Lipinski definition) is 1. The molecule has 2 rings (SSSR count). The highest BCUT2D eigenvalue weighted by molar-refractivity contribution is 5.70. The third-order valence-electron chi connectivity index (χ3n) is 1.83. The van der Waals surface area contributed by atoms with Gasteiger partial charge in [0.15, 0.2) is 0 Å². The standard InChI is InChI=1S/C9H6N2O3/c12-9-8(10-13)7(11-14-9)6-4-2-1-3-5-6/h1-5,11H/i8+1,10+1. The molecule has 2 aromatic rings. The van der Waals surface area contributed by atoms with Gasteiger partial charge in [0.2, 0.25) is 5.69 Å². The fourth-order valence-corrected chi connectivity index (χ4v) is 1.18. The van der Waals surface area contributed by atoms with Crippen molar-refractivity contribution in [2.45, 2.75) is 0 Å². The van der Waals surface area contributed by atoms with Crippen LogP contribution in [0.3, 0.4) is 0 Å². The summed E-state index contributed by atoms with van der Waals surface area (Å²) in [6, 6.07) is 8.89. The zero-order chi connectivity index (χ0) is 9.97. The van der Waals surface area contributed by atoms with Crippen molar-refractivity contribution >= 4 is 5.69 Å². The Hall–Kier alpha value is -2.17. The summed E-state index contributed by atoms with van der Waals surface area (Å²) in [5.74, 6) is 0. The van der Waals surface area contributed by atoms with Crippen LogP contribution in [0.1, 0.15) is 0 Å². The van der Waals surface area contributed by atoms with Crippen LogP contribution in [0.25, 0.3) is 11.3 Å². The summed E-state index contributed by atoms with van der Waals surface area (Å²) in [5, 5.41) is 4.98. The first-order chi connectivity index (χ1) is 6.83. The fraction of sp³-hybridized carbons (Fsp3) is 0. The molecule has 0 aliphatic rings. The number of benzene rings is 1. The summed E-state index contributed by atoms with van der Waals surface area (Å²) in [6.45, 7) is 0. The van der Waals surface area contributed by atoms with Crippen LogP contribution in [0.15, 0.2) is 44.8 Å². The van der Waals surface area contributed by atoms with Gasteiger partial charge in [-0.25, -0.2) is 9.95 Å². The summed E-state index contributed by atoms with van der Waals surface area (Å²) in [4.78, 5) is 21.3. The molecule has 1 N–H and O–H groups in total. The molecule has 0 saturated heterocycles. The molecule has 1 heterocycles. The number of aromatic amines is 1. The van der Waals surface area contributed by atoms with E-state index in [9.17, 15) is 9.70 Å². The number of rotatable bonds is 2. The van der Waals surface area contributed by atoms with Crippen LogP contribution in [-0.4, -0.2) is 5.16 Å². The van der Waals surface area contributed by atoms with Crippen molar-refractivity contribution in [2.75, 3.05) is 0 Å². The smallest absolute Gasteiger partial charge is 0.336 e. The van der Waals surface area contributed by atoms with Gasteiger partial charge in [0, 0.05) is 5.56 Å². The van der Waals surface area contributed by atoms with Crippen LogP contribution in [0.2, 0.25) is 0 Å². The van der Waals surface area contributed by atoms with Crippen LogP contribution in [0.5, 0.6) is 0 Å². The highest BCUT2D eigenvalue weighted by atomic mass is 16.5. The largest absolute Gasteiger partial charge is 0.387 e. The maximum atomic E-state index is 11.0. The van der Waals surface area contributed by atoms with E-state index in [2.05, 4.69) is 14.9 Å². The highest BCUT2D eigenvalue weighted by Gasteiger charge is 2.13. The normalized spacial score (nSPS) is 10.0. The van der Waals surface area contributed by atoms with E-state index in [1.165, 1.54) is 0 Å². The van der Waals surface area contributed by atoms with E-state index >= 15 is 0 Å². The van der Waals surface area contributed by atoms with E-state index in [1.807, 2.05) is 6.07 Å². The Morgan fingerprint density at radius 2 is 1.93 bits per heavy atom. The summed E-state index contributed by atoms with van der Waals surface area (Å²) in [5.41, 5.74) is 0.0219. The summed E-state index contributed by atoms with van der Waals surface area (Å²) in [6.07, 6.45) is 0. The number of nitrogens with zero attached hydrogens (tertiary/aromatic N) is 1. The maximum Gasteiger partial charge on any atom is 0.387 e. The first-order valence-corrected chi connectivity index (χ1v) is 3.93. The van der Waals surface area contributed by atoms with E-state index in [1.54, 1.807) is 24.3 Å². The second-order valence-corrected chi connectivity index (χ2v) is 2.67. The average molecular weight is 192 g/mol. The quantitative estimate of drug-likeness (QED) is 0.584. The van der Waals surface area contributed by atoms with Gasteiger partial charge in [-0.05, 0) is 5.18 Å². The van der Waals surface area contributed by atoms with Crippen molar-refractivity contribution in [3.63, 3.8) is 0 Å². The highest BCUT2D eigenvalue weighted by Crippen LogP contribution is 2.24. The predicted octanol–water partition coefficient (Wildman–Crippen LogP) is 2.03. The topological polar surface area (TPSA) is 75.4 Å². The van der Waals surface area contributed by atoms with Gasteiger partial charge >= 0.3 is 5.63 Å². The van der Waals surface area contributed by atoms with E-state index in [0.29, 0.717) is 11.3 Å². The molecule has 0 aliphatic carbocycles. The Bertz CT molecular complexity index is 498. The SMILES string of the molecule is O=[15N][13c]1c(-c2ccccc2)[nH]oc1=O. The van der Waals surface area contributed by atoms with Crippen molar-refractivity contribution in [1.82, 2.24) is 5.16 Å². The van der Waals surface area contributed by atoms with Crippen LogP contribution in [0.4, 0.5) is 5.69 Å². The van der Waals surface area contributed by atoms with Gasteiger partial charge < -0.3 is 4.52 Å². The summed E-state index contributed by atoms with van der Waals surface area (Å²) >= 11 is 0. The summed E-state index contributed by atoms with van der Waals surface area (Å²) < 4.78 is 4.47. The van der Waals surface area contributed by atoms with E-state index in [0.717, 1.165) is 0 Å². The van der Waals surface area contributed by atoms with E-state index in [4.69, 9.17) is 0 Å². The Morgan fingerprint density at radius 3 is 2.57 bits per heavy atom. The fourth-order valence-electron chi connectivity index (χ4n) is 1.18. The van der Waals surface area contributed by atoms with Crippen LogP contribution < -0.4 is 5.63 Å². The molecule has 5 heteroatoms. The second-order valence-electron chi connectivity index (χ2n) is 2.67. The monoisotopic (exact) mass is 192 g/mol. The molecule has 0 atom stereocenters. The van der Waals surface area contributed by atoms with Gasteiger partial charge in [0.05, 0.1) is 0 Å². The molecule has 1 aromatic carbocycles. The molecule has 1 aromatic heterocycles. The third-order valence-corrected chi connectivity index (χ3v) is 1.83. The third kappa shape index (κ3) is 1.24. The number of nitroso groups, excluding NO2 is 1. The lowest BCUT2D eigenvalue weighted by atomic mass is 10.2. The Balaban J connectivity index is 2.63. The first kappa shape index (κ1) is 8.43. The van der Waals surface area contributed by atoms with Crippen molar-refractivity contribution in [1.29, 1.82) is 0 Å². The van der Waals surface area contributed by atoms with Gasteiger partial charge in [0.1, 0.15) is 5.69 Å². The number of hydrogen-bond acceptors (Lipinski definition) is 4. The molecule has 0 fully saturated rings. The lowest BCUT2D eigenvalue weighted by Gasteiger charge is -1.94. The van der Waals surface area contributed by atoms with Crippen LogP contribution in [0, 0.1) is 4.91 Å². The van der Waals surface area contributed by atoms with Crippen molar-refractivity contribution in [3.8, 4) is 11.3 Å². The zero-order valence-corrected chi connectivity index (χ0v) is 7.06. The molecule has 70 valence electrons. The van der Waals surface area contributed by atoms with Gasteiger partial charge in [-0.2, -0.15) is 0 Å². The van der Waals surface area contributed by atoms with E-state index in [-0.39, 0.29) is 5.69 Å². The number of H-pyrrole nitrogens is 1. The number of nitrogens with one attached hydrogen (secondary N) is 1. The molecule has 0 aliphatic heterocycles. The van der Waals surface area contributed by atoms with Crippen molar-refractivity contribution in [3.05, 3.63) is 45.7 Å².